The van der Waals surface area contributed by atoms with Crippen molar-refractivity contribution in [2.24, 2.45) is 0 Å². The van der Waals surface area contributed by atoms with E-state index < -0.39 is 0 Å². The number of ketones is 1. The highest BCUT2D eigenvalue weighted by atomic mass is 32.1. The second-order valence-corrected chi connectivity index (χ2v) is 8.58. The number of likely N-dealkylation sites (tertiary alicyclic amines) is 1. The van der Waals surface area contributed by atoms with Crippen molar-refractivity contribution in [3.8, 4) is 10.6 Å². The Hall–Kier alpha value is -2.18. The third-order valence-electron chi connectivity index (χ3n) is 5.25. The Balaban J connectivity index is 1.51. The van der Waals surface area contributed by atoms with Gasteiger partial charge in [0.2, 0.25) is 0 Å². The van der Waals surface area contributed by atoms with E-state index >= 15 is 0 Å². The van der Waals surface area contributed by atoms with Crippen LogP contribution >= 0.6 is 11.3 Å². The second-order valence-electron chi connectivity index (χ2n) is 7.39. The molecule has 3 heterocycles. The molecule has 0 unspecified atom stereocenters. The largest absolute Gasteiger partial charge is 0.298 e. The van der Waals surface area contributed by atoms with Gasteiger partial charge in [0.25, 0.3) is 0 Å². The van der Waals surface area contributed by atoms with Crippen molar-refractivity contribution in [1.82, 2.24) is 20.1 Å². The molecule has 0 N–H and O–H groups in total. The SMILES string of the molecule is Cc1nnc(-c2ccc3cnc(CC(=O)CN4CCCC[C@@H]4C)cc3c2)s1. The van der Waals surface area contributed by atoms with Gasteiger partial charge in [-0.2, -0.15) is 0 Å². The van der Waals surface area contributed by atoms with Gasteiger partial charge in [-0.25, -0.2) is 0 Å². The maximum Gasteiger partial charge on any atom is 0.152 e. The van der Waals surface area contributed by atoms with Gasteiger partial charge >= 0.3 is 0 Å². The molecule has 5 nitrogen and oxygen atoms in total. The highest BCUT2D eigenvalue weighted by molar-refractivity contribution is 7.14. The molecule has 1 aliphatic rings. The standard InChI is InChI=1S/C21H24N4OS/c1-14-5-3-4-8-25(14)13-20(26)11-19-10-18-9-16(6-7-17(18)12-22-19)21-24-23-15(2)27-21/h6-7,9-10,12,14H,3-5,8,11,13H2,1-2H3/t14-/m0/s1. The van der Waals surface area contributed by atoms with Crippen LogP contribution in [0, 0.1) is 6.92 Å². The van der Waals surface area contributed by atoms with E-state index in [2.05, 4.69) is 39.1 Å². The number of hydrogen-bond acceptors (Lipinski definition) is 6. The molecule has 2 aromatic heterocycles. The summed E-state index contributed by atoms with van der Waals surface area (Å²) in [7, 11) is 0. The second kappa shape index (κ2) is 7.82. The summed E-state index contributed by atoms with van der Waals surface area (Å²) in [6, 6.07) is 8.74. The molecular formula is C21H24N4OS. The van der Waals surface area contributed by atoms with Crippen molar-refractivity contribution in [2.45, 2.75) is 45.6 Å². The minimum Gasteiger partial charge on any atom is -0.298 e. The lowest BCUT2D eigenvalue weighted by atomic mass is 10.0. The highest BCUT2D eigenvalue weighted by Crippen LogP contribution is 2.27. The fourth-order valence-electron chi connectivity index (χ4n) is 3.71. The lowest BCUT2D eigenvalue weighted by Gasteiger charge is -2.32. The Labute approximate surface area is 163 Å². The van der Waals surface area contributed by atoms with Crippen molar-refractivity contribution >= 4 is 27.9 Å². The summed E-state index contributed by atoms with van der Waals surface area (Å²) in [6.45, 7) is 5.74. The normalized spacial score (nSPS) is 18.1. The van der Waals surface area contributed by atoms with Crippen LogP contribution in [0.3, 0.4) is 0 Å². The number of hydrogen-bond donors (Lipinski definition) is 0. The number of carbonyl (C=O) groups is 1. The summed E-state index contributed by atoms with van der Waals surface area (Å²) in [4.78, 5) is 19.4. The van der Waals surface area contributed by atoms with Crippen molar-refractivity contribution in [1.29, 1.82) is 0 Å². The number of piperidine rings is 1. The minimum atomic E-state index is 0.242. The molecule has 0 radical (unpaired) electrons. The molecule has 4 rings (SSSR count). The Bertz CT molecular complexity index is 968. The number of aryl methyl sites for hydroxylation is 1. The fourth-order valence-corrected chi connectivity index (χ4v) is 4.39. The first-order valence-electron chi connectivity index (χ1n) is 9.53. The van der Waals surface area contributed by atoms with Crippen molar-refractivity contribution in [3.05, 3.63) is 41.2 Å². The fraction of sp³-hybridized carbons (Fsp3) is 0.429. The molecular weight excluding hydrogens is 356 g/mol. The van der Waals surface area contributed by atoms with Gasteiger partial charge in [0, 0.05) is 28.9 Å². The van der Waals surface area contributed by atoms with Crippen LogP contribution in [0.4, 0.5) is 0 Å². The predicted molar refractivity (Wildman–Crippen MR) is 109 cm³/mol. The number of benzene rings is 1. The predicted octanol–water partition coefficient (Wildman–Crippen LogP) is 4.05. The van der Waals surface area contributed by atoms with Crippen molar-refractivity contribution in [3.63, 3.8) is 0 Å². The van der Waals surface area contributed by atoms with E-state index in [0.29, 0.717) is 19.0 Å². The van der Waals surface area contributed by atoms with Crippen LogP contribution in [-0.4, -0.2) is 45.0 Å². The van der Waals surface area contributed by atoms with E-state index in [1.54, 1.807) is 11.3 Å². The summed E-state index contributed by atoms with van der Waals surface area (Å²) in [5.41, 5.74) is 1.89. The number of fused-ring (bicyclic) bond motifs is 1. The van der Waals surface area contributed by atoms with E-state index in [-0.39, 0.29) is 5.78 Å². The maximum atomic E-state index is 12.6. The number of pyridine rings is 1. The number of carbonyl (C=O) groups excluding carboxylic acids is 1. The number of nitrogens with zero attached hydrogens (tertiary/aromatic N) is 4. The van der Waals surface area contributed by atoms with Gasteiger partial charge in [0.1, 0.15) is 10.0 Å². The van der Waals surface area contributed by atoms with E-state index in [9.17, 15) is 4.79 Å². The quantitative estimate of drug-likeness (QED) is 0.668. The zero-order chi connectivity index (χ0) is 18.8. The molecule has 0 bridgehead atoms. The van der Waals surface area contributed by atoms with Gasteiger partial charge in [-0.15, -0.1) is 10.2 Å². The molecule has 1 aliphatic heterocycles. The maximum absolute atomic E-state index is 12.6. The molecule has 3 aromatic rings. The molecule has 27 heavy (non-hydrogen) atoms. The van der Waals surface area contributed by atoms with Crippen LogP contribution in [0.5, 0.6) is 0 Å². The van der Waals surface area contributed by atoms with Crippen LogP contribution in [0.2, 0.25) is 0 Å². The minimum absolute atomic E-state index is 0.242. The summed E-state index contributed by atoms with van der Waals surface area (Å²) in [5.74, 6) is 0.242. The van der Waals surface area contributed by atoms with Crippen molar-refractivity contribution < 1.29 is 4.79 Å². The topological polar surface area (TPSA) is 59.0 Å². The van der Waals surface area contributed by atoms with E-state index in [4.69, 9.17) is 0 Å². The van der Waals surface area contributed by atoms with Crippen LogP contribution in [-0.2, 0) is 11.2 Å². The zero-order valence-corrected chi connectivity index (χ0v) is 16.6. The Morgan fingerprint density at radius 3 is 2.89 bits per heavy atom. The van der Waals surface area contributed by atoms with Gasteiger partial charge in [-0.3, -0.25) is 14.7 Å². The van der Waals surface area contributed by atoms with Crippen molar-refractivity contribution in [2.75, 3.05) is 13.1 Å². The smallest absolute Gasteiger partial charge is 0.152 e. The lowest BCUT2D eigenvalue weighted by Crippen LogP contribution is -2.41. The highest BCUT2D eigenvalue weighted by Gasteiger charge is 2.20. The number of aromatic nitrogens is 3. The molecule has 0 spiro atoms. The van der Waals surface area contributed by atoms with E-state index in [0.717, 1.165) is 38.6 Å². The summed E-state index contributed by atoms with van der Waals surface area (Å²) >= 11 is 1.59. The molecule has 1 fully saturated rings. The molecule has 6 heteroatoms. The Morgan fingerprint density at radius 2 is 2.11 bits per heavy atom. The van der Waals surface area contributed by atoms with Gasteiger partial charge < -0.3 is 0 Å². The molecule has 1 atom stereocenters. The van der Waals surface area contributed by atoms with Gasteiger partial charge in [-0.05, 0) is 50.8 Å². The summed E-state index contributed by atoms with van der Waals surface area (Å²) in [5, 5.41) is 12.4. The molecule has 1 aromatic carbocycles. The Kier molecular flexibility index (Phi) is 5.27. The molecule has 0 saturated carbocycles. The number of rotatable bonds is 5. The van der Waals surface area contributed by atoms with Gasteiger partial charge in [0.15, 0.2) is 5.78 Å². The first-order valence-corrected chi connectivity index (χ1v) is 10.3. The summed E-state index contributed by atoms with van der Waals surface area (Å²) < 4.78 is 0. The Morgan fingerprint density at radius 1 is 1.22 bits per heavy atom. The van der Waals surface area contributed by atoms with Crippen LogP contribution in [0.1, 0.15) is 36.9 Å². The van der Waals surface area contributed by atoms with Crippen LogP contribution in [0.15, 0.2) is 30.5 Å². The van der Waals surface area contributed by atoms with Crippen LogP contribution in [0.25, 0.3) is 21.3 Å². The lowest BCUT2D eigenvalue weighted by molar-refractivity contribution is -0.120. The zero-order valence-electron chi connectivity index (χ0n) is 15.8. The van der Waals surface area contributed by atoms with E-state index in [1.165, 1.54) is 19.3 Å². The molecule has 0 amide bonds. The first-order chi connectivity index (χ1) is 13.1. The molecule has 1 saturated heterocycles. The molecule has 140 valence electrons. The number of Topliss-reactive ketones (excluding diaryl/α,β-unsaturated/α-hetero) is 1. The van der Waals surface area contributed by atoms with E-state index in [1.807, 2.05) is 25.3 Å². The average molecular weight is 381 g/mol. The first kappa shape index (κ1) is 18.2. The third kappa shape index (κ3) is 4.22. The van der Waals surface area contributed by atoms with Crippen LogP contribution < -0.4 is 0 Å². The summed E-state index contributed by atoms with van der Waals surface area (Å²) in [6.07, 6.45) is 5.90. The third-order valence-corrected chi connectivity index (χ3v) is 6.14. The average Bonchev–Trinajstić information content (AvgIpc) is 3.09. The molecule has 0 aliphatic carbocycles. The van der Waals surface area contributed by atoms with Gasteiger partial charge in [0.05, 0.1) is 13.0 Å². The monoisotopic (exact) mass is 380 g/mol. The van der Waals surface area contributed by atoms with Gasteiger partial charge in [-0.1, -0.05) is 29.9 Å².